The second kappa shape index (κ2) is 7.87. The highest BCUT2D eigenvalue weighted by molar-refractivity contribution is 5.94. The van der Waals surface area contributed by atoms with E-state index in [2.05, 4.69) is 20.4 Å². The maximum Gasteiger partial charge on any atom is 0.227 e. The van der Waals surface area contributed by atoms with Gasteiger partial charge in [0.1, 0.15) is 17.1 Å². The third-order valence-electron chi connectivity index (χ3n) is 4.86. The van der Waals surface area contributed by atoms with E-state index in [1.165, 1.54) is 12.1 Å². The van der Waals surface area contributed by atoms with Crippen molar-refractivity contribution in [3.63, 3.8) is 0 Å². The Morgan fingerprint density at radius 1 is 0.935 bits per heavy atom. The van der Waals surface area contributed by atoms with Crippen LogP contribution < -0.4 is 10.1 Å². The van der Waals surface area contributed by atoms with Gasteiger partial charge in [-0.1, -0.05) is 17.3 Å². The summed E-state index contributed by atoms with van der Waals surface area (Å²) >= 11 is 0. The molecule has 0 radical (unpaired) electrons. The Balaban J connectivity index is 1.50. The van der Waals surface area contributed by atoms with Crippen LogP contribution >= 0.6 is 0 Å². The Morgan fingerprint density at radius 2 is 1.77 bits per heavy atom. The van der Waals surface area contributed by atoms with Gasteiger partial charge in [0.15, 0.2) is 5.76 Å². The molecular weight excluding hydrogens is 395 g/mol. The van der Waals surface area contributed by atoms with Crippen molar-refractivity contribution in [2.45, 2.75) is 0 Å². The number of fused-ring (bicyclic) bond motifs is 1. The number of anilines is 2. The van der Waals surface area contributed by atoms with E-state index in [1.807, 2.05) is 48.5 Å². The second-order valence-electron chi connectivity index (χ2n) is 6.87. The Labute approximate surface area is 177 Å². The van der Waals surface area contributed by atoms with Crippen molar-refractivity contribution in [1.82, 2.24) is 15.1 Å². The van der Waals surface area contributed by atoms with Crippen molar-refractivity contribution in [1.29, 1.82) is 0 Å². The van der Waals surface area contributed by atoms with Crippen LogP contribution in [0.2, 0.25) is 0 Å². The first-order chi connectivity index (χ1) is 15.2. The highest BCUT2D eigenvalue weighted by Gasteiger charge is 2.13. The van der Waals surface area contributed by atoms with Gasteiger partial charge in [0.2, 0.25) is 5.95 Å². The molecular formula is C24H17FN4O2. The number of hydrogen-bond donors (Lipinski definition) is 1. The van der Waals surface area contributed by atoms with Gasteiger partial charge in [-0.3, -0.25) is 0 Å². The number of benzene rings is 3. The fraction of sp³-hybridized carbons (Fsp3) is 0.0417. The number of methoxy groups -OCH3 is 1. The predicted octanol–water partition coefficient (Wildman–Crippen LogP) is 5.84. The topological polar surface area (TPSA) is 73.1 Å². The van der Waals surface area contributed by atoms with E-state index in [4.69, 9.17) is 9.26 Å². The monoisotopic (exact) mass is 412 g/mol. The van der Waals surface area contributed by atoms with Crippen LogP contribution in [-0.2, 0) is 0 Å². The fourth-order valence-electron chi connectivity index (χ4n) is 3.32. The second-order valence-corrected chi connectivity index (χ2v) is 6.87. The molecule has 0 fully saturated rings. The molecule has 0 atom stereocenters. The molecule has 6 nitrogen and oxygen atoms in total. The highest BCUT2D eigenvalue weighted by atomic mass is 19.1. The van der Waals surface area contributed by atoms with Gasteiger partial charge >= 0.3 is 0 Å². The van der Waals surface area contributed by atoms with Gasteiger partial charge < -0.3 is 14.6 Å². The average Bonchev–Trinajstić information content (AvgIpc) is 3.23. The molecule has 2 aromatic heterocycles. The van der Waals surface area contributed by atoms with Crippen molar-refractivity contribution in [3.05, 3.63) is 84.8 Å². The maximum absolute atomic E-state index is 13.3. The average molecular weight is 412 g/mol. The molecule has 0 unspecified atom stereocenters. The van der Waals surface area contributed by atoms with E-state index in [0.29, 0.717) is 17.2 Å². The Morgan fingerprint density at radius 3 is 2.61 bits per heavy atom. The summed E-state index contributed by atoms with van der Waals surface area (Å²) in [5, 5.41) is 8.14. The normalized spacial score (nSPS) is 10.9. The van der Waals surface area contributed by atoms with Crippen LogP contribution in [-0.4, -0.2) is 22.2 Å². The highest BCUT2D eigenvalue weighted by Crippen LogP contribution is 2.32. The number of nitrogens with one attached hydrogen (secondary N) is 1. The van der Waals surface area contributed by atoms with Crippen molar-refractivity contribution in [3.8, 4) is 28.3 Å². The van der Waals surface area contributed by atoms with Crippen molar-refractivity contribution in [2.75, 3.05) is 12.4 Å². The molecule has 3 aromatic carbocycles. The number of nitrogens with zero attached hydrogens (tertiary/aromatic N) is 3. The minimum atomic E-state index is -0.301. The molecule has 0 spiro atoms. The van der Waals surface area contributed by atoms with Crippen molar-refractivity contribution in [2.24, 2.45) is 0 Å². The lowest BCUT2D eigenvalue weighted by atomic mass is 10.0. The minimum absolute atomic E-state index is 0.301. The van der Waals surface area contributed by atoms with Gasteiger partial charge in [0.25, 0.3) is 0 Å². The van der Waals surface area contributed by atoms with Gasteiger partial charge in [-0.05, 0) is 54.6 Å². The molecule has 0 aliphatic heterocycles. The molecule has 0 saturated heterocycles. The van der Waals surface area contributed by atoms with E-state index in [0.717, 1.165) is 33.6 Å². The van der Waals surface area contributed by atoms with E-state index >= 15 is 0 Å². The number of rotatable bonds is 5. The summed E-state index contributed by atoms with van der Waals surface area (Å²) in [6, 6.07) is 21.3. The van der Waals surface area contributed by atoms with Gasteiger partial charge in [-0.25, -0.2) is 14.4 Å². The maximum atomic E-state index is 13.3. The van der Waals surface area contributed by atoms with Crippen LogP contribution in [0.4, 0.5) is 16.0 Å². The predicted molar refractivity (Wildman–Crippen MR) is 117 cm³/mol. The molecule has 0 saturated carbocycles. The largest absolute Gasteiger partial charge is 0.497 e. The van der Waals surface area contributed by atoms with Crippen molar-refractivity contribution >= 4 is 22.5 Å². The standard InChI is InChI=1S/C24H17FN4O2/c1-30-19-4-2-3-18(14-19)27-24-26-12-11-21(28-24)16-7-10-22-20(13-16)23(31-29-22)15-5-8-17(25)9-6-15/h2-14H,1H3,(H,26,27,28). The first kappa shape index (κ1) is 18.7. The Hall–Kier alpha value is -4.26. The number of ether oxygens (including phenoxy) is 1. The van der Waals surface area contributed by atoms with E-state index < -0.39 is 0 Å². The first-order valence-corrected chi connectivity index (χ1v) is 9.59. The summed E-state index contributed by atoms with van der Waals surface area (Å²) in [4.78, 5) is 8.95. The smallest absolute Gasteiger partial charge is 0.227 e. The minimum Gasteiger partial charge on any atom is -0.497 e. The first-order valence-electron chi connectivity index (χ1n) is 9.59. The SMILES string of the molecule is COc1cccc(Nc2nccc(-c3ccc4noc(-c5ccc(F)cc5)c4c3)n2)c1. The zero-order chi connectivity index (χ0) is 21.2. The van der Waals surface area contributed by atoms with Gasteiger partial charge in [-0.2, -0.15) is 0 Å². The molecule has 1 N–H and O–H groups in total. The molecule has 0 bridgehead atoms. The molecule has 0 amide bonds. The molecule has 31 heavy (non-hydrogen) atoms. The molecule has 0 aliphatic carbocycles. The molecule has 0 aliphatic rings. The third-order valence-corrected chi connectivity index (χ3v) is 4.86. The summed E-state index contributed by atoms with van der Waals surface area (Å²) in [5.41, 5.74) is 3.92. The Bertz CT molecular complexity index is 1370. The van der Waals surface area contributed by atoms with Crippen LogP contribution in [0, 0.1) is 5.82 Å². The van der Waals surface area contributed by atoms with Crippen LogP contribution in [0.3, 0.4) is 0 Å². The van der Waals surface area contributed by atoms with Gasteiger partial charge in [-0.15, -0.1) is 0 Å². The molecule has 152 valence electrons. The summed E-state index contributed by atoms with van der Waals surface area (Å²) in [5.74, 6) is 1.49. The lowest BCUT2D eigenvalue weighted by Crippen LogP contribution is -1.98. The number of hydrogen-bond acceptors (Lipinski definition) is 6. The quantitative estimate of drug-likeness (QED) is 0.391. The zero-order valence-electron chi connectivity index (χ0n) is 16.5. The summed E-state index contributed by atoms with van der Waals surface area (Å²) in [6.45, 7) is 0. The molecule has 7 heteroatoms. The fourth-order valence-corrected chi connectivity index (χ4v) is 3.32. The third kappa shape index (κ3) is 3.81. The molecule has 5 rings (SSSR count). The van der Waals surface area contributed by atoms with Crippen molar-refractivity contribution < 1.29 is 13.7 Å². The lowest BCUT2D eigenvalue weighted by Gasteiger charge is -2.08. The van der Waals surface area contributed by atoms with E-state index in [1.54, 1.807) is 25.4 Å². The lowest BCUT2D eigenvalue weighted by molar-refractivity contribution is 0.415. The van der Waals surface area contributed by atoms with Crippen LogP contribution in [0.25, 0.3) is 33.5 Å². The Kier molecular flexibility index (Phi) is 4.76. The van der Waals surface area contributed by atoms with Gasteiger partial charge in [0.05, 0.1) is 18.2 Å². The molecule has 5 aromatic rings. The summed E-state index contributed by atoms with van der Waals surface area (Å²) in [6.07, 6.45) is 1.70. The number of halogens is 1. The van der Waals surface area contributed by atoms with E-state index in [9.17, 15) is 4.39 Å². The van der Waals surface area contributed by atoms with E-state index in [-0.39, 0.29) is 5.82 Å². The van der Waals surface area contributed by atoms with Crippen LogP contribution in [0.1, 0.15) is 0 Å². The molecule has 2 heterocycles. The zero-order valence-corrected chi connectivity index (χ0v) is 16.5. The van der Waals surface area contributed by atoms with Crippen LogP contribution in [0.15, 0.2) is 83.5 Å². The summed E-state index contributed by atoms with van der Waals surface area (Å²) < 4.78 is 24.1. The van der Waals surface area contributed by atoms with Crippen LogP contribution in [0.5, 0.6) is 5.75 Å². The van der Waals surface area contributed by atoms with Gasteiger partial charge in [0, 0.05) is 29.1 Å². The number of aromatic nitrogens is 3. The summed E-state index contributed by atoms with van der Waals surface area (Å²) in [7, 11) is 1.62.